The van der Waals surface area contributed by atoms with Crippen LogP contribution in [0.3, 0.4) is 0 Å². The Morgan fingerprint density at radius 3 is 2.56 bits per heavy atom. The lowest BCUT2D eigenvalue weighted by atomic mass is 10.00. The van der Waals surface area contributed by atoms with Crippen molar-refractivity contribution in [2.45, 2.75) is 39.8 Å². The number of esters is 1. The summed E-state index contributed by atoms with van der Waals surface area (Å²) in [6.45, 7) is 4.98. The van der Waals surface area contributed by atoms with Crippen LogP contribution in [0.5, 0.6) is 5.75 Å². The van der Waals surface area contributed by atoms with E-state index in [9.17, 15) is 18.0 Å². The summed E-state index contributed by atoms with van der Waals surface area (Å²) in [5.41, 5.74) is 1.29. The fourth-order valence-electron chi connectivity index (χ4n) is 2.70. The first-order valence-corrected chi connectivity index (χ1v) is 8.70. The number of imidazole rings is 1. The van der Waals surface area contributed by atoms with Gasteiger partial charge in [-0.05, 0) is 31.0 Å². The highest BCUT2D eigenvalue weighted by atomic mass is 19.4. The van der Waals surface area contributed by atoms with Crippen molar-refractivity contribution >= 4 is 5.97 Å². The van der Waals surface area contributed by atoms with E-state index in [4.69, 9.17) is 9.47 Å². The van der Waals surface area contributed by atoms with Gasteiger partial charge >= 0.3 is 12.1 Å². The van der Waals surface area contributed by atoms with Gasteiger partial charge < -0.3 is 9.47 Å². The van der Waals surface area contributed by atoms with E-state index < -0.39 is 18.1 Å². The van der Waals surface area contributed by atoms with E-state index in [0.717, 1.165) is 6.92 Å². The minimum absolute atomic E-state index is 0.140. The van der Waals surface area contributed by atoms with E-state index >= 15 is 0 Å². The lowest BCUT2D eigenvalue weighted by molar-refractivity contribution is -0.169. The zero-order chi connectivity index (χ0) is 20.2. The molecule has 8 heteroatoms. The van der Waals surface area contributed by atoms with Crippen molar-refractivity contribution in [1.82, 2.24) is 9.55 Å². The number of carbonyl (C=O) groups excluding carboxylic acids is 1. The molecule has 0 radical (unpaired) electrons. The highest BCUT2D eigenvalue weighted by molar-refractivity contribution is 5.87. The van der Waals surface area contributed by atoms with Crippen molar-refractivity contribution in [2.75, 3.05) is 13.7 Å². The van der Waals surface area contributed by atoms with E-state index in [2.05, 4.69) is 4.98 Å². The molecule has 0 aliphatic carbocycles. The van der Waals surface area contributed by atoms with Crippen molar-refractivity contribution in [2.24, 2.45) is 5.92 Å². The summed E-state index contributed by atoms with van der Waals surface area (Å²) in [6.07, 6.45) is -2.29. The Balaban J connectivity index is 2.40. The highest BCUT2D eigenvalue weighted by Crippen LogP contribution is 2.32. The van der Waals surface area contributed by atoms with Crippen LogP contribution in [-0.2, 0) is 17.6 Å². The zero-order valence-corrected chi connectivity index (χ0v) is 15.8. The van der Waals surface area contributed by atoms with Crippen molar-refractivity contribution in [1.29, 1.82) is 0 Å². The first-order chi connectivity index (χ1) is 12.7. The van der Waals surface area contributed by atoms with Crippen LogP contribution in [0.25, 0.3) is 5.69 Å². The van der Waals surface area contributed by atoms with Crippen molar-refractivity contribution in [3.8, 4) is 11.4 Å². The number of ether oxygens (including phenoxy) is 2. The molecule has 1 heterocycles. The Bertz CT molecular complexity index is 800. The van der Waals surface area contributed by atoms with E-state index in [-0.39, 0.29) is 18.7 Å². The number of hydrogen-bond donors (Lipinski definition) is 0. The molecule has 1 unspecified atom stereocenters. The third kappa shape index (κ3) is 4.81. The van der Waals surface area contributed by atoms with Crippen LogP contribution in [0.15, 0.2) is 24.4 Å². The monoisotopic (exact) mass is 384 g/mol. The lowest BCUT2D eigenvalue weighted by Gasteiger charge is -2.17. The average molecular weight is 384 g/mol. The molecule has 2 aromatic rings. The molecule has 1 atom stereocenters. The van der Waals surface area contributed by atoms with Crippen molar-refractivity contribution < 1.29 is 27.4 Å². The summed E-state index contributed by atoms with van der Waals surface area (Å²) >= 11 is 0. The fourth-order valence-corrected chi connectivity index (χ4v) is 2.70. The van der Waals surface area contributed by atoms with Crippen molar-refractivity contribution in [3.63, 3.8) is 0 Å². The van der Waals surface area contributed by atoms with Gasteiger partial charge in [-0.15, -0.1) is 0 Å². The number of halogens is 3. The van der Waals surface area contributed by atoms with Gasteiger partial charge in [0.2, 0.25) is 0 Å². The van der Waals surface area contributed by atoms with Crippen LogP contribution in [0.4, 0.5) is 13.2 Å². The summed E-state index contributed by atoms with van der Waals surface area (Å²) in [5, 5.41) is 0. The molecular formula is C19H23F3N2O3. The van der Waals surface area contributed by atoms with Gasteiger partial charge in [-0.3, -0.25) is 4.57 Å². The third-order valence-electron chi connectivity index (χ3n) is 4.18. The molecule has 148 valence electrons. The summed E-state index contributed by atoms with van der Waals surface area (Å²) < 4.78 is 50.5. The molecule has 1 aromatic carbocycles. The molecule has 5 nitrogen and oxygen atoms in total. The van der Waals surface area contributed by atoms with Crippen LogP contribution in [0, 0.1) is 5.92 Å². The summed E-state index contributed by atoms with van der Waals surface area (Å²) in [6, 6.07) is 4.89. The second kappa shape index (κ2) is 8.45. The van der Waals surface area contributed by atoms with Crippen LogP contribution >= 0.6 is 0 Å². The molecule has 2 rings (SSSR count). The second-order valence-corrected chi connectivity index (χ2v) is 6.14. The van der Waals surface area contributed by atoms with E-state index in [0.29, 0.717) is 29.2 Å². The molecule has 0 N–H and O–H groups in total. The Labute approximate surface area is 156 Å². The third-order valence-corrected chi connectivity index (χ3v) is 4.18. The number of carbonyl (C=O) groups is 1. The summed E-state index contributed by atoms with van der Waals surface area (Å²) in [7, 11) is 1.45. The minimum atomic E-state index is -4.25. The molecule has 0 amide bonds. The van der Waals surface area contributed by atoms with E-state index in [1.165, 1.54) is 7.11 Å². The van der Waals surface area contributed by atoms with Gasteiger partial charge in [0.25, 0.3) is 0 Å². The van der Waals surface area contributed by atoms with Gasteiger partial charge in [0.15, 0.2) is 5.69 Å². The fraction of sp³-hybridized carbons (Fsp3) is 0.474. The Morgan fingerprint density at radius 2 is 2.00 bits per heavy atom. The number of rotatable bonds is 7. The Morgan fingerprint density at radius 1 is 1.30 bits per heavy atom. The summed E-state index contributed by atoms with van der Waals surface area (Å²) in [5.74, 6) is -0.958. The minimum Gasteiger partial charge on any atom is -0.495 e. The van der Waals surface area contributed by atoms with Gasteiger partial charge in [-0.2, -0.15) is 13.2 Å². The number of benzene rings is 1. The highest BCUT2D eigenvalue weighted by Gasteiger charge is 2.35. The number of alkyl halides is 3. The van der Waals surface area contributed by atoms with Crippen LogP contribution in [-0.4, -0.2) is 35.4 Å². The predicted octanol–water partition coefficient (Wildman–Crippen LogP) is 4.36. The average Bonchev–Trinajstić information content (AvgIpc) is 3.05. The van der Waals surface area contributed by atoms with Crippen LogP contribution < -0.4 is 4.74 Å². The van der Waals surface area contributed by atoms with E-state index in [1.807, 2.05) is 6.92 Å². The maximum atomic E-state index is 12.8. The second-order valence-electron chi connectivity index (χ2n) is 6.14. The standard InChI is InChI=1S/C19H23F3N2O3/c1-5-17-23-14(18(25)27-6-2)11-24(17)15-8-7-13(10-16(15)26-4)9-12(3)19(20,21)22/h7-8,10-12H,5-6,9H2,1-4H3. The molecule has 0 bridgehead atoms. The largest absolute Gasteiger partial charge is 0.495 e. The maximum absolute atomic E-state index is 12.8. The molecule has 0 saturated heterocycles. The number of aryl methyl sites for hydroxylation is 1. The van der Waals surface area contributed by atoms with Gasteiger partial charge in [0.1, 0.15) is 11.6 Å². The molecule has 0 fully saturated rings. The smallest absolute Gasteiger partial charge is 0.391 e. The summed E-state index contributed by atoms with van der Waals surface area (Å²) in [4.78, 5) is 16.2. The normalized spacial score (nSPS) is 12.7. The number of aromatic nitrogens is 2. The number of nitrogens with zero attached hydrogens (tertiary/aromatic N) is 2. The van der Waals surface area contributed by atoms with Gasteiger partial charge in [-0.25, -0.2) is 9.78 Å². The van der Waals surface area contributed by atoms with Gasteiger partial charge in [0, 0.05) is 12.6 Å². The lowest BCUT2D eigenvalue weighted by Crippen LogP contribution is -2.21. The van der Waals surface area contributed by atoms with Crippen molar-refractivity contribution in [3.05, 3.63) is 41.5 Å². The molecule has 0 spiro atoms. The van der Waals surface area contributed by atoms with E-state index in [1.54, 1.807) is 35.9 Å². The molecule has 0 aliphatic rings. The number of hydrogen-bond acceptors (Lipinski definition) is 4. The maximum Gasteiger partial charge on any atom is 0.391 e. The molecule has 1 aromatic heterocycles. The first kappa shape index (κ1) is 20.8. The Hall–Kier alpha value is -2.51. The molecular weight excluding hydrogens is 361 g/mol. The zero-order valence-electron chi connectivity index (χ0n) is 15.8. The SMILES string of the molecule is CCOC(=O)c1cn(-c2ccc(CC(C)C(F)(F)F)cc2OC)c(CC)n1. The molecule has 0 aliphatic heterocycles. The number of methoxy groups -OCH3 is 1. The topological polar surface area (TPSA) is 53.4 Å². The van der Waals surface area contributed by atoms with Gasteiger partial charge in [-0.1, -0.05) is 19.9 Å². The first-order valence-electron chi connectivity index (χ1n) is 8.70. The molecule has 0 saturated carbocycles. The molecule has 27 heavy (non-hydrogen) atoms. The quantitative estimate of drug-likeness (QED) is 0.666. The van der Waals surface area contributed by atoms with Crippen LogP contribution in [0.2, 0.25) is 0 Å². The van der Waals surface area contributed by atoms with Crippen LogP contribution in [0.1, 0.15) is 42.6 Å². The van der Waals surface area contributed by atoms with Gasteiger partial charge in [0.05, 0.1) is 25.3 Å². The Kier molecular flexibility index (Phi) is 6.51. The predicted molar refractivity (Wildman–Crippen MR) is 94.4 cm³/mol.